The van der Waals surface area contributed by atoms with Gasteiger partial charge in [-0.15, -0.1) is 0 Å². The number of rotatable bonds is 3. The van der Waals surface area contributed by atoms with Crippen molar-refractivity contribution in [1.82, 2.24) is 9.21 Å². The maximum Gasteiger partial charge on any atom is 0.257 e. The van der Waals surface area contributed by atoms with E-state index < -0.39 is 10.0 Å². The number of fused-ring (bicyclic) bond motifs is 1. The molecule has 150 valence electrons. The third kappa shape index (κ3) is 3.47. The predicted octanol–water partition coefficient (Wildman–Crippen LogP) is 1.90. The number of furan rings is 1. The summed E-state index contributed by atoms with van der Waals surface area (Å²) in [5.41, 5.74) is 0.513. The molecule has 2 aliphatic heterocycles. The van der Waals surface area contributed by atoms with Gasteiger partial charge in [0.25, 0.3) is 5.91 Å². The zero-order valence-corrected chi connectivity index (χ0v) is 16.4. The Hall–Kier alpha value is -2.52. The Morgan fingerprint density at radius 2 is 1.71 bits per heavy atom. The predicted molar refractivity (Wildman–Crippen MR) is 100 cm³/mol. The van der Waals surface area contributed by atoms with Crippen LogP contribution < -0.4 is 9.47 Å². The Labute approximate surface area is 163 Å². The highest BCUT2D eigenvalue weighted by molar-refractivity contribution is 7.89. The van der Waals surface area contributed by atoms with Gasteiger partial charge in [-0.3, -0.25) is 4.79 Å². The second-order valence-corrected chi connectivity index (χ2v) is 8.68. The van der Waals surface area contributed by atoms with Gasteiger partial charge in [0.15, 0.2) is 11.5 Å². The minimum absolute atomic E-state index is 0.140. The largest absolute Gasteiger partial charge is 0.490 e. The number of aryl methyl sites for hydroxylation is 1. The molecular weight excluding hydrogens is 384 g/mol. The summed E-state index contributed by atoms with van der Waals surface area (Å²) in [6.07, 6.45) is 2.23. The lowest BCUT2D eigenvalue weighted by Gasteiger charge is -2.34. The topological polar surface area (TPSA) is 89.3 Å². The second kappa shape index (κ2) is 7.48. The van der Waals surface area contributed by atoms with Gasteiger partial charge in [-0.1, -0.05) is 0 Å². The number of sulfonamides is 1. The van der Waals surface area contributed by atoms with Crippen molar-refractivity contribution in [2.75, 3.05) is 39.4 Å². The van der Waals surface area contributed by atoms with E-state index in [1.165, 1.54) is 22.7 Å². The first-order valence-corrected chi connectivity index (χ1v) is 10.6. The highest BCUT2D eigenvalue weighted by Crippen LogP contribution is 2.33. The fraction of sp³-hybridized carbons (Fsp3) is 0.421. The molecule has 1 aromatic heterocycles. The lowest BCUT2D eigenvalue weighted by molar-refractivity contribution is 0.0696. The van der Waals surface area contributed by atoms with E-state index in [0.29, 0.717) is 49.1 Å². The summed E-state index contributed by atoms with van der Waals surface area (Å²) in [5, 5.41) is 0. The van der Waals surface area contributed by atoms with Gasteiger partial charge in [0.05, 0.1) is 29.9 Å². The molecule has 0 radical (unpaired) electrons. The monoisotopic (exact) mass is 406 g/mol. The van der Waals surface area contributed by atoms with Gasteiger partial charge in [-0.25, -0.2) is 8.42 Å². The quantitative estimate of drug-likeness (QED) is 0.773. The smallest absolute Gasteiger partial charge is 0.257 e. The summed E-state index contributed by atoms with van der Waals surface area (Å²) < 4.78 is 43.8. The van der Waals surface area contributed by atoms with E-state index in [-0.39, 0.29) is 23.9 Å². The molecule has 1 aromatic carbocycles. The van der Waals surface area contributed by atoms with Crippen LogP contribution in [-0.2, 0) is 10.0 Å². The first-order valence-electron chi connectivity index (χ1n) is 9.20. The summed E-state index contributed by atoms with van der Waals surface area (Å²) in [6.45, 7) is 3.90. The molecule has 1 amide bonds. The molecule has 4 rings (SSSR count). The van der Waals surface area contributed by atoms with Crippen molar-refractivity contribution in [1.29, 1.82) is 0 Å². The summed E-state index contributed by atoms with van der Waals surface area (Å²) >= 11 is 0. The van der Waals surface area contributed by atoms with Crippen LogP contribution in [0.3, 0.4) is 0 Å². The van der Waals surface area contributed by atoms with E-state index in [1.807, 2.05) is 0 Å². The van der Waals surface area contributed by atoms with Gasteiger partial charge in [0.1, 0.15) is 5.76 Å². The number of carbonyl (C=O) groups excluding carboxylic acids is 1. The SMILES string of the molecule is Cc1occc1C(=O)N1CCN(S(=O)(=O)c2ccc3c(c2)OCCCO3)CC1. The Bertz CT molecular complexity index is 976. The highest BCUT2D eigenvalue weighted by Gasteiger charge is 2.32. The number of ether oxygens (including phenoxy) is 2. The van der Waals surface area contributed by atoms with E-state index in [9.17, 15) is 13.2 Å². The average molecular weight is 406 g/mol. The average Bonchev–Trinajstić information content (AvgIpc) is 2.99. The Morgan fingerprint density at radius 3 is 2.39 bits per heavy atom. The van der Waals surface area contributed by atoms with Crippen molar-refractivity contribution < 1.29 is 27.1 Å². The van der Waals surface area contributed by atoms with Crippen LogP contribution in [0.1, 0.15) is 22.5 Å². The van der Waals surface area contributed by atoms with Crippen molar-refractivity contribution in [3.8, 4) is 11.5 Å². The molecule has 2 aliphatic rings. The summed E-state index contributed by atoms with van der Waals surface area (Å²) in [7, 11) is -3.68. The molecule has 0 unspecified atom stereocenters. The molecule has 3 heterocycles. The number of piperazine rings is 1. The number of hydrogen-bond acceptors (Lipinski definition) is 6. The van der Waals surface area contributed by atoms with E-state index >= 15 is 0 Å². The number of benzene rings is 1. The number of hydrogen-bond donors (Lipinski definition) is 0. The van der Waals surface area contributed by atoms with Crippen LogP contribution in [0.4, 0.5) is 0 Å². The molecule has 0 spiro atoms. The fourth-order valence-corrected chi connectivity index (χ4v) is 4.80. The van der Waals surface area contributed by atoms with Gasteiger partial charge < -0.3 is 18.8 Å². The molecule has 1 fully saturated rings. The Kier molecular flexibility index (Phi) is 5.03. The summed E-state index contributed by atoms with van der Waals surface area (Å²) in [5.74, 6) is 1.43. The van der Waals surface area contributed by atoms with E-state index in [2.05, 4.69) is 0 Å². The zero-order valence-electron chi connectivity index (χ0n) is 15.6. The Balaban J connectivity index is 1.47. The molecule has 0 atom stereocenters. The van der Waals surface area contributed by atoms with Crippen molar-refractivity contribution in [3.63, 3.8) is 0 Å². The van der Waals surface area contributed by atoms with Gasteiger partial charge >= 0.3 is 0 Å². The van der Waals surface area contributed by atoms with Crippen LogP contribution in [-0.4, -0.2) is 62.9 Å². The molecule has 28 heavy (non-hydrogen) atoms. The van der Waals surface area contributed by atoms with Crippen molar-refractivity contribution in [3.05, 3.63) is 41.9 Å². The fourth-order valence-electron chi connectivity index (χ4n) is 3.36. The van der Waals surface area contributed by atoms with Gasteiger partial charge in [0.2, 0.25) is 10.0 Å². The van der Waals surface area contributed by atoms with Crippen LogP contribution in [0.5, 0.6) is 11.5 Å². The first kappa shape index (κ1) is 18.8. The lowest BCUT2D eigenvalue weighted by Crippen LogP contribution is -2.50. The minimum Gasteiger partial charge on any atom is -0.490 e. The molecule has 0 bridgehead atoms. The van der Waals surface area contributed by atoms with Crippen LogP contribution in [0.25, 0.3) is 0 Å². The van der Waals surface area contributed by atoms with Crippen LogP contribution in [0.2, 0.25) is 0 Å². The number of carbonyl (C=O) groups is 1. The summed E-state index contributed by atoms with van der Waals surface area (Å²) in [4.78, 5) is 14.4. The van der Waals surface area contributed by atoms with Crippen LogP contribution in [0, 0.1) is 6.92 Å². The zero-order chi connectivity index (χ0) is 19.7. The van der Waals surface area contributed by atoms with Gasteiger partial charge in [-0.05, 0) is 25.1 Å². The minimum atomic E-state index is -3.68. The molecule has 0 N–H and O–H groups in total. The molecule has 1 saturated heterocycles. The first-order chi connectivity index (χ1) is 13.5. The standard InChI is InChI=1S/C19H22N2O6S/c1-14-16(5-12-25-14)19(22)20-6-8-21(9-7-20)28(23,24)15-3-4-17-18(13-15)27-11-2-10-26-17/h3-5,12-13H,2,6-11H2,1H3. The third-order valence-corrected chi connectivity index (χ3v) is 6.87. The lowest BCUT2D eigenvalue weighted by atomic mass is 10.2. The number of amides is 1. The Morgan fingerprint density at radius 1 is 1.00 bits per heavy atom. The summed E-state index contributed by atoms with van der Waals surface area (Å²) in [6, 6.07) is 6.32. The van der Waals surface area contributed by atoms with E-state index in [4.69, 9.17) is 13.9 Å². The van der Waals surface area contributed by atoms with Gasteiger partial charge in [-0.2, -0.15) is 4.31 Å². The molecule has 2 aromatic rings. The van der Waals surface area contributed by atoms with Crippen molar-refractivity contribution in [2.24, 2.45) is 0 Å². The molecule has 0 aliphatic carbocycles. The maximum atomic E-state index is 13.0. The maximum absolute atomic E-state index is 13.0. The van der Waals surface area contributed by atoms with Gasteiger partial charge in [0, 0.05) is 38.7 Å². The van der Waals surface area contributed by atoms with Crippen LogP contribution in [0.15, 0.2) is 39.8 Å². The normalized spacial score (nSPS) is 18.0. The van der Waals surface area contributed by atoms with Crippen molar-refractivity contribution in [2.45, 2.75) is 18.2 Å². The van der Waals surface area contributed by atoms with Crippen LogP contribution >= 0.6 is 0 Å². The highest BCUT2D eigenvalue weighted by atomic mass is 32.2. The number of nitrogens with zero attached hydrogens (tertiary/aromatic N) is 2. The molecular formula is C19H22N2O6S. The second-order valence-electron chi connectivity index (χ2n) is 6.75. The molecule has 8 nitrogen and oxygen atoms in total. The molecule has 0 saturated carbocycles. The van der Waals surface area contributed by atoms with Crippen molar-refractivity contribution >= 4 is 15.9 Å². The molecule has 9 heteroatoms. The van der Waals surface area contributed by atoms with E-state index in [0.717, 1.165) is 6.42 Å². The van der Waals surface area contributed by atoms with E-state index in [1.54, 1.807) is 24.0 Å². The third-order valence-electron chi connectivity index (χ3n) is 4.97.